The summed E-state index contributed by atoms with van der Waals surface area (Å²) in [6, 6.07) is 11.9. The average Bonchev–Trinajstić information content (AvgIpc) is 2.90. The molecule has 1 atom stereocenters. The maximum absolute atomic E-state index is 11.8. The fraction of sp³-hybridized carbons (Fsp3) is 0.353. The number of anilines is 1. The zero-order valence-corrected chi connectivity index (χ0v) is 14.3. The van der Waals surface area contributed by atoms with E-state index in [0.29, 0.717) is 10.1 Å². The molecule has 0 amide bonds. The van der Waals surface area contributed by atoms with E-state index in [4.69, 9.17) is 0 Å². The van der Waals surface area contributed by atoms with Crippen LogP contribution in [0.2, 0.25) is 0 Å². The normalized spacial score (nSPS) is 13.2. The fourth-order valence-corrected chi connectivity index (χ4v) is 3.33. The summed E-state index contributed by atoms with van der Waals surface area (Å²) in [5.74, 6) is 0. The minimum atomic E-state index is -0.161. The molecule has 0 fully saturated rings. The Kier molecular flexibility index (Phi) is 4.17. The fourth-order valence-electron chi connectivity index (χ4n) is 2.50. The molecule has 3 rings (SSSR count). The van der Waals surface area contributed by atoms with Gasteiger partial charge in [0.1, 0.15) is 0 Å². The highest BCUT2D eigenvalue weighted by Gasteiger charge is 2.21. The zero-order chi connectivity index (χ0) is 16.4. The minimum Gasteiger partial charge on any atom is -0.353 e. The third-order valence-corrected chi connectivity index (χ3v) is 4.34. The Balaban J connectivity index is 1.93. The second-order valence-corrected chi connectivity index (χ2v) is 7.71. The highest BCUT2D eigenvalue weighted by atomic mass is 32.1. The van der Waals surface area contributed by atoms with Crippen molar-refractivity contribution in [2.75, 3.05) is 5.32 Å². The highest BCUT2D eigenvalue weighted by Crippen LogP contribution is 2.33. The lowest BCUT2D eigenvalue weighted by atomic mass is 9.85. The lowest BCUT2D eigenvalue weighted by Gasteiger charge is -2.27. The van der Waals surface area contributed by atoms with E-state index in [2.05, 4.69) is 48.3 Å². The summed E-state index contributed by atoms with van der Waals surface area (Å²) in [6.07, 6.45) is 2.47. The van der Waals surface area contributed by atoms with E-state index < -0.39 is 0 Å². The van der Waals surface area contributed by atoms with E-state index in [9.17, 15) is 4.79 Å². The monoisotopic (exact) mass is 328 g/mol. The van der Waals surface area contributed by atoms with Gasteiger partial charge in [-0.05, 0) is 17.4 Å². The lowest BCUT2D eigenvalue weighted by Crippen LogP contribution is -2.19. The van der Waals surface area contributed by atoms with Crippen molar-refractivity contribution < 1.29 is 0 Å². The Morgan fingerprint density at radius 1 is 1.22 bits per heavy atom. The van der Waals surface area contributed by atoms with E-state index in [1.807, 2.05) is 18.2 Å². The molecule has 0 saturated carbocycles. The Labute approximate surface area is 139 Å². The van der Waals surface area contributed by atoms with Gasteiger partial charge in [-0.15, -0.1) is 5.10 Å². The van der Waals surface area contributed by atoms with Crippen LogP contribution in [0.15, 0.2) is 47.4 Å². The van der Waals surface area contributed by atoms with Crippen LogP contribution in [0.5, 0.6) is 0 Å². The minimum absolute atomic E-state index is 0.132. The van der Waals surface area contributed by atoms with Gasteiger partial charge in [-0.1, -0.05) is 62.4 Å². The summed E-state index contributed by atoms with van der Waals surface area (Å²) in [6.45, 7) is 6.65. The third kappa shape index (κ3) is 3.76. The number of benzene rings is 1. The quantitative estimate of drug-likeness (QED) is 0.792. The molecule has 1 aromatic carbocycles. The zero-order valence-electron chi connectivity index (χ0n) is 13.5. The molecular formula is C17H20N4OS. The molecule has 2 heterocycles. The van der Waals surface area contributed by atoms with Gasteiger partial charge in [-0.2, -0.15) is 4.52 Å². The Bertz CT molecular complexity index is 848. The largest absolute Gasteiger partial charge is 0.353 e. The van der Waals surface area contributed by atoms with Gasteiger partial charge in [0.2, 0.25) is 10.1 Å². The molecule has 0 aliphatic rings. The lowest BCUT2D eigenvalue weighted by molar-refractivity contribution is 0.352. The summed E-state index contributed by atoms with van der Waals surface area (Å²) in [5, 5.41) is 8.54. The first-order valence-electron chi connectivity index (χ1n) is 7.59. The number of rotatable bonds is 4. The Morgan fingerprint density at radius 2 is 1.96 bits per heavy atom. The molecule has 0 aliphatic carbocycles. The van der Waals surface area contributed by atoms with Gasteiger partial charge in [-0.25, -0.2) is 4.98 Å². The first-order valence-corrected chi connectivity index (χ1v) is 8.40. The van der Waals surface area contributed by atoms with Gasteiger partial charge in [0.15, 0.2) is 0 Å². The number of fused-ring (bicyclic) bond motifs is 1. The Morgan fingerprint density at radius 3 is 2.61 bits per heavy atom. The van der Waals surface area contributed by atoms with Crippen molar-refractivity contribution in [3.05, 3.63) is 58.5 Å². The Hall–Kier alpha value is -2.21. The van der Waals surface area contributed by atoms with Gasteiger partial charge in [0, 0.05) is 12.3 Å². The van der Waals surface area contributed by atoms with Gasteiger partial charge in [-0.3, -0.25) is 4.79 Å². The van der Waals surface area contributed by atoms with E-state index in [0.717, 1.165) is 6.42 Å². The molecule has 0 unspecified atom stereocenters. The summed E-state index contributed by atoms with van der Waals surface area (Å²) in [7, 11) is 0. The van der Waals surface area contributed by atoms with Crippen LogP contribution >= 0.6 is 11.3 Å². The van der Waals surface area contributed by atoms with Crippen LogP contribution < -0.4 is 10.9 Å². The first kappa shape index (κ1) is 15.7. The molecule has 120 valence electrons. The molecule has 5 nitrogen and oxygen atoms in total. The molecule has 23 heavy (non-hydrogen) atoms. The maximum Gasteiger partial charge on any atom is 0.275 e. The van der Waals surface area contributed by atoms with E-state index in [1.165, 1.54) is 33.7 Å². The van der Waals surface area contributed by atoms with Gasteiger partial charge < -0.3 is 5.32 Å². The van der Waals surface area contributed by atoms with Crippen molar-refractivity contribution in [1.29, 1.82) is 0 Å². The molecule has 2 aromatic heterocycles. The van der Waals surface area contributed by atoms with Crippen molar-refractivity contribution in [1.82, 2.24) is 14.6 Å². The smallest absolute Gasteiger partial charge is 0.275 e. The van der Waals surface area contributed by atoms with Gasteiger partial charge >= 0.3 is 0 Å². The summed E-state index contributed by atoms with van der Waals surface area (Å²) >= 11 is 1.39. The van der Waals surface area contributed by atoms with Gasteiger partial charge in [0.05, 0.1) is 6.04 Å². The number of hydrogen-bond donors (Lipinski definition) is 1. The number of nitrogens with zero attached hydrogens (tertiary/aromatic N) is 3. The van der Waals surface area contributed by atoms with Crippen molar-refractivity contribution in [2.24, 2.45) is 5.41 Å². The van der Waals surface area contributed by atoms with E-state index in [1.54, 1.807) is 0 Å². The molecule has 0 bridgehead atoms. The third-order valence-electron chi connectivity index (χ3n) is 3.49. The van der Waals surface area contributed by atoms with E-state index in [-0.39, 0.29) is 17.0 Å². The van der Waals surface area contributed by atoms with Crippen LogP contribution in [0.25, 0.3) is 4.96 Å². The van der Waals surface area contributed by atoms with Crippen molar-refractivity contribution in [3.63, 3.8) is 0 Å². The average molecular weight is 328 g/mol. The summed E-state index contributed by atoms with van der Waals surface area (Å²) < 4.78 is 1.34. The number of hydrogen-bond acceptors (Lipinski definition) is 5. The molecule has 3 aromatic rings. The van der Waals surface area contributed by atoms with Crippen LogP contribution in [0, 0.1) is 5.41 Å². The molecule has 6 heteroatoms. The van der Waals surface area contributed by atoms with E-state index >= 15 is 0 Å². The van der Waals surface area contributed by atoms with Crippen molar-refractivity contribution in [3.8, 4) is 0 Å². The van der Waals surface area contributed by atoms with Crippen LogP contribution in [-0.2, 0) is 0 Å². The topological polar surface area (TPSA) is 59.3 Å². The van der Waals surface area contributed by atoms with Crippen LogP contribution in [-0.4, -0.2) is 14.6 Å². The predicted molar refractivity (Wildman–Crippen MR) is 94.0 cm³/mol. The summed E-state index contributed by atoms with van der Waals surface area (Å²) in [4.78, 5) is 16.6. The SMILES string of the molecule is CC(C)(C)C[C@H](Nc1nn2c(=O)ccnc2s1)c1ccccc1. The van der Waals surface area contributed by atoms with Crippen molar-refractivity contribution >= 4 is 21.4 Å². The number of aromatic nitrogens is 3. The van der Waals surface area contributed by atoms with Gasteiger partial charge in [0.25, 0.3) is 5.56 Å². The van der Waals surface area contributed by atoms with Crippen LogP contribution in [0.1, 0.15) is 38.8 Å². The molecule has 1 N–H and O–H groups in total. The standard InChI is InChI=1S/C17H20N4OS/c1-17(2,3)11-13(12-7-5-4-6-8-12)19-15-20-21-14(22)9-10-18-16(21)23-15/h4-10,13H,11H2,1-3H3,(H,19,20)/t13-/m0/s1. The maximum atomic E-state index is 11.8. The molecule has 0 radical (unpaired) electrons. The van der Waals surface area contributed by atoms with Crippen molar-refractivity contribution in [2.45, 2.75) is 33.2 Å². The molecule has 0 spiro atoms. The molecule has 0 saturated heterocycles. The summed E-state index contributed by atoms with van der Waals surface area (Å²) in [5.41, 5.74) is 1.22. The number of nitrogens with one attached hydrogen (secondary N) is 1. The first-order chi connectivity index (χ1) is 10.9. The molecule has 0 aliphatic heterocycles. The van der Waals surface area contributed by atoms with Crippen LogP contribution in [0.4, 0.5) is 5.13 Å². The predicted octanol–water partition coefficient (Wildman–Crippen LogP) is 3.74. The second-order valence-electron chi connectivity index (χ2n) is 6.76. The van der Waals surface area contributed by atoms with Crippen LogP contribution in [0.3, 0.4) is 0 Å². The molecular weight excluding hydrogens is 308 g/mol. The second kappa shape index (κ2) is 6.12. The highest BCUT2D eigenvalue weighted by molar-refractivity contribution is 7.20.